The third-order valence-corrected chi connectivity index (χ3v) is 4.43. The SMILES string of the molecule is CC(Cc1ccc2c(c1)OCO2)CN(C)C1CCOCC1. The quantitative estimate of drug-likeness (QED) is 0.834. The van der Waals surface area contributed by atoms with Crippen LogP contribution in [-0.2, 0) is 11.2 Å². The van der Waals surface area contributed by atoms with Gasteiger partial charge in [0.25, 0.3) is 0 Å². The molecule has 0 N–H and O–H groups in total. The van der Waals surface area contributed by atoms with E-state index in [0.717, 1.165) is 50.5 Å². The lowest BCUT2D eigenvalue weighted by molar-refractivity contribution is 0.0390. The second kappa shape index (κ2) is 6.67. The fourth-order valence-electron chi connectivity index (χ4n) is 3.30. The molecule has 1 atom stereocenters. The van der Waals surface area contributed by atoms with Gasteiger partial charge in [-0.1, -0.05) is 13.0 Å². The number of hydrogen-bond acceptors (Lipinski definition) is 4. The summed E-state index contributed by atoms with van der Waals surface area (Å²) in [5, 5.41) is 0. The van der Waals surface area contributed by atoms with Crippen molar-refractivity contribution < 1.29 is 14.2 Å². The van der Waals surface area contributed by atoms with E-state index in [1.54, 1.807) is 0 Å². The lowest BCUT2D eigenvalue weighted by atomic mass is 9.98. The molecule has 1 saturated heterocycles. The zero-order chi connectivity index (χ0) is 14.7. The average molecular weight is 291 g/mol. The molecule has 0 aliphatic carbocycles. The van der Waals surface area contributed by atoms with E-state index in [1.165, 1.54) is 5.56 Å². The van der Waals surface area contributed by atoms with Crippen LogP contribution in [0.4, 0.5) is 0 Å². The van der Waals surface area contributed by atoms with Gasteiger partial charge in [0.1, 0.15) is 0 Å². The molecule has 1 unspecified atom stereocenters. The van der Waals surface area contributed by atoms with Gasteiger partial charge in [-0.3, -0.25) is 0 Å². The number of nitrogens with zero attached hydrogens (tertiary/aromatic N) is 1. The van der Waals surface area contributed by atoms with E-state index in [0.29, 0.717) is 18.8 Å². The Hall–Kier alpha value is -1.26. The van der Waals surface area contributed by atoms with E-state index in [2.05, 4.69) is 31.0 Å². The van der Waals surface area contributed by atoms with Gasteiger partial charge in [-0.25, -0.2) is 0 Å². The van der Waals surface area contributed by atoms with Crippen LogP contribution in [0.3, 0.4) is 0 Å². The van der Waals surface area contributed by atoms with Gasteiger partial charge in [-0.15, -0.1) is 0 Å². The number of hydrogen-bond donors (Lipinski definition) is 0. The van der Waals surface area contributed by atoms with E-state index in [-0.39, 0.29) is 0 Å². The Kier molecular flexibility index (Phi) is 4.66. The van der Waals surface area contributed by atoms with E-state index in [4.69, 9.17) is 14.2 Å². The summed E-state index contributed by atoms with van der Waals surface area (Å²) < 4.78 is 16.3. The van der Waals surface area contributed by atoms with Crippen LogP contribution in [0.1, 0.15) is 25.3 Å². The highest BCUT2D eigenvalue weighted by molar-refractivity contribution is 5.44. The Morgan fingerprint density at radius 2 is 1.95 bits per heavy atom. The van der Waals surface area contributed by atoms with Crippen molar-refractivity contribution in [3.8, 4) is 11.5 Å². The van der Waals surface area contributed by atoms with Crippen LogP contribution < -0.4 is 9.47 Å². The third kappa shape index (κ3) is 3.69. The number of ether oxygens (including phenoxy) is 3. The molecular weight excluding hydrogens is 266 g/mol. The fraction of sp³-hybridized carbons (Fsp3) is 0.647. The van der Waals surface area contributed by atoms with Gasteiger partial charge < -0.3 is 19.1 Å². The molecule has 1 aromatic carbocycles. The van der Waals surface area contributed by atoms with Crippen molar-refractivity contribution in [3.63, 3.8) is 0 Å². The second-order valence-electron chi connectivity index (χ2n) is 6.28. The summed E-state index contributed by atoms with van der Waals surface area (Å²) >= 11 is 0. The monoisotopic (exact) mass is 291 g/mol. The molecule has 0 saturated carbocycles. The van der Waals surface area contributed by atoms with Crippen LogP contribution in [0.5, 0.6) is 11.5 Å². The first-order chi connectivity index (χ1) is 10.2. The Balaban J connectivity index is 1.52. The van der Waals surface area contributed by atoms with E-state index in [1.807, 2.05) is 6.07 Å². The summed E-state index contributed by atoms with van der Waals surface area (Å²) in [6.45, 7) is 5.61. The molecule has 116 valence electrons. The normalized spacial score (nSPS) is 20.0. The summed E-state index contributed by atoms with van der Waals surface area (Å²) in [5.74, 6) is 2.38. The Labute approximate surface area is 127 Å². The van der Waals surface area contributed by atoms with Crippen molar-refractivity contribution in [2.24, 2.45) is 5.92 Å². The van der Waals surface area contributed by atoms with Gasteiger partial charge in [0, 0.05) is 25.8 Å². The van der Waals surface area contributed by atoms with Crippen molar-refractivity contribution in [2.75, 3.05) is 33.6 Å². The van der Waals surface area contributed by atoms with E-state index >= 15 is 0 Å². The molecule has 0 spiro atoms. The van der Waals surface area contributed by atoms with Crippen molar-refractivity contribution in [1.82, 2.24) is 4.90 Å². The molecule has 2 heterocycles. The first kappa shape index (κ1) is 14.7. The molecule has 2 aliphatic rings. The molecule has 4 nitrogen and oxygen atoms in total. The highest BCUT2D eigenvalue weighted by Crippen LogP contribution is 2.33. The Morgan fingerprint density at radius 1 is 1.19 bits per heavy atom. The standard InChI is InChI=1S/C17H25NO3/c1-13(11-18(2)15-5-7-19-8-6-15)9-14-3-4-16-17(10-14)21-12-20-16/h3-4,10,13,15H,5-9,11-12H2,1-2H3. The van der Waals surface area contributed by atoms with Gasteiger partial charge in [-0.05, 0) is 49.9 Å². The summed E-state index contributed by atoms with van der Waals surface area (Å²) in [7, 11) is 2.24. The molecule has 1 aromatic rings. The number of benzene rings is 1. The average Bonchev–Trinajstić information content (AvgIpc) is 2.95. The van der Waals surface area contributed by atoms with Gasteiger partial charge >= 0.3 is 0 Å². The lowest BCUT2D eigenvalue weighted by Gasteiger charge is -2.33. The third-order valence-electron chi connectivity index (χ3n) is 4.43. The fourth-order valence-corrected chi connectivity index (χ4v) is 3.30. The van der Waals surface area contributed by atoms with Crippen LogP contribution in [0.2, 0.25) is 0 Å². The predicted octanol–water partition coefficient (Wildman–Crippen LogP) is 2.70. The molecule has 4 heteroatoms. The maximum absolute atomic E-state index is 5.45. The maximum atomic E-state index is 5.45. The van der Waals surface area contributed by atoms with Crippen molar-refractivity contribution in [2.45, 2.75) is 32.2 Å². The van der Waals surface area contributed by atoms with Crippen molar-refractivity contribution in [1.29, 1.82) is 0 Å². The zero-order valence-corrected chi connectivity index (χ0v) is 13.0. The van der Waals surface area contributed by atoms with Gasteiger partial charge in [0.2, 0.25) is 6.79 Å². The van der Waals surface area contributed by atoms with Gasteiger partial charge in [0.15, 0.2) is 11.5 Å². The summed E-state index contributed by atoms with van der Waals surface area (Å²) in [6.07, 6.45) is 3.39. The minimum absolute atomic E-state index is 0.348. The topological polar surface area (TPSA) is 30.9 Å². The van der Waals surface area contributed by atoms with Crippen molar-refractivity contribution >= 4 is 0 Å². The van der Waals surface area contributed by atoms with Gasteiger partial charge in [-0.2, -0.15) is 0 Å². The Morgan fingerprint density at radius 3 is 2.76 bits per heavy atom. The number of fused-ring (bicyclic) bond motifs is 1. The molecule has 0 aromatic heterocycles. The lowest BCUT2D eigenvalue weighted by Crippen LogP contribution is -2.39. The maximum Gasteiger partial charge on any atom is 0.231 e. The predicted molar refractivity (Wildman–Crippen MR) is 81.9 cm³/mol. The largest absolute Gasteiger partial charge is 0.454 e. The van der Waals surface area contributed by atoms with Crippen molar-refractivity contribution in [3.05, 3.63) is 23.8 Å². The molecule has 1 fully saturated rings. The van der Waals surface area contributed by atoms with Crippen LogP contribution in [0, 0.1) is 5.92 Å². The molecule has 3 rings (SSSR count). The highest BCUT2D eigenvalue weighted by atomic mass is 16.7. The molecule has 21 heavy (non-hydrogen) atoms. The molecule has 2 aliphatic heterocycles. The molecule has 0 amide bonds. The molecule has 0 radical (unpaired) electrons. The Bertz CT molecular complexity index is 471. The molecule has 0 bridgehead atoms. The zero-order valence-electron chi connectivity index (χ0n) is 13.0. The highest BCUT2D eigenvalue weighted by Gasteiger charge is 2.20. The minimum atomic E-state index is 0.348. The summed E-state index contributed by atoms with van der Waals surface area (Å²) in [5.41, 5.74) is 1.33. The van der Waals surface area contributed by atoms with Crippen LogP contribution >= 0.6 is 0 Å². The van der Waals surface area contributed by atoms with Gasteiger partial charge in [0.05, 0.1) is 0 Å². The summed E-state index contributed by atoms with van der Waals surface area (Å²) in [4.78, 5) is 2.50. The second-order valence-corrected chi connectivity index (χ2v) is 6.28. The first-order valence-electron chi connectivity index (χ1n) is 7.89. The minimum Gasteiger partial charge on any atom is -0.454 e. The smallest absolute Gasteiger partial charge is 0.231 e. The van der Waals surface area contributed by atoms with Crippen LogP contribution in [0.25, 0.3) is 0 Å². The van der Waals surface area contributed by atoms with Crippen LogP contribution in [0.15, 0.2) is 18.2 Å². The first-order valence-corrected chi connectivity index (χ1v) is 7.89. The van der Waals surface area contributed by atoms with E-state index < -0.39 is 0 Å². The summed E-state index contributed by atoms with van der Waals surface area (Å²) in [6, 6.07) is 6.97. The van der Waals surface area contributed by atoms with Crippen LogP contribution in [-0.4, -0.2) is 44.5 Å². The number of rotatable bonds is 5. The molecular formula is C17H25NO3. The van der Waals surface area contributed by atoms with E-state index in [9.17, 15) is 0 Å².